The van der Waals surface area contributed by atoms with Gasteiger partial charge in [-0.1, -0.05) is 23.2 Å². The monoisotopic (exact) mass is 220 g/mol. The molecule has 2 rings (SSSR count). The van der Waals surface area contributed by atoms with E-state index < -0.39 is 0 Å². The van der Waals surface area contributed by atoms with Crippen LogP contribution in [0.3, 0.4) is 0 Å². The normalized spacial score (nSPS) is 10.8. The van der Waals surface area contributed by atoms with Crippen molar-refractivity contribution in [3.63, 3.8) is 0 Å². The minimum absolute atomic E-state index is 0.0725. The smallest absolute Gasteiger partial charge is 0.363 e. The number of halogens is 2. The number of rotatable bonds is 0. The minimum Gasteiger partial charge on any atom is -0.413 e. The van der Waals surface area contributed by atoms with Gasteiger partial charge in [0, 0.05) is 24.4 Å². The van der Waals surface area contributed by atoms with Crippen LogP contribution in [0.4, 0.5) is 0 Å². The maximum Gasteiger partial charge on any atom is 0.363 e. The predicted octanol–water partition coefficient (Wildman–Crippen LogP) is 4.06. The maximum atomic E-state index is 5.73. The highest BCUT2D eigenvalue weighted by molar-refractivity contribution is 7.71. The van der Waals surface area contributed by atoms with Gasteiger partial charge in [-0.2, -0.15) is 0 Å². The summed E-state index contributed by atoms with van der Waals surface area (Å²) in [5.41, 5.74) is 1.02. The molecule has 0 aliphatic carbocycles. The van der Waals surface area contributed by atoms with Crippen molar-refractivity contribution in [3.8, 4) is 0 Å². The summed E-state index contributed by atoms with van der Waals surface area (Å²) in [6.07, 6.45) is 0. The van der Waals surface area contributed by atoms with E-state index in [2.05, 4.69) is 12.2 Å². The van der Waals surface area contributed by atoms with Crippen LogP contribution in [0, 0.1) is 4.90 Å². The van der Waals surface area contributed by atoms with Crippen molar-refractivity contribution >= 4 is 46.6 Å². The molecule has 0 fully saturated rings. The molecule has 0 saturated carbocycles. The van der Waals surface area contributed by atoms with Gasteiger partial charge in [0.2, 0.25) is 0 Å². The Kier molecular flexibility index (Phi) is 1.87. The summed E-state index contributed by atoms with van der Waals surface area (Å²) in [6, 6.07) is 3.14. The van der Waals surface area contributed by atoms with Gasteiger partial charge in [0.05, 0.1) is 10.0 Å². The van der Waals surface area contributed by atoms with Crippen LogP contribution in [0.1, 0.15) is 0 Å². The Labute approximate surface area is 82.7 Å². The van der Waals surface area contributed by atoms with Gasteiger partial charge in [-0.3, -0.25) is 0 Å². The van der Waals surface area contributed by atoms with Gasteiger partial charge in [0.15, 0.2) is 11.2 Å². The molecule has 0 unspecified atom stereocenters. The van der Waals surface area contributed by atoms with Crippen molar-refractivity contribution in [1.29, 1.82) is 0 Å². The SMILES string of the molecule is S=c1oc2cc(Cl)c(Cl)cc2o1. The third-order valence-electron chi connectivity index (χ3n) is 1.37. The molecular formula is C7H2Cl2O2S. The van der Waals surface area contributed by atoms with Gasteiger partial charge in [0.25, 0.3) is 0 Å². The molecule has 0 aliphatic heterocycles. The lowest BCUT2D eigenvalue weighted by Gasteiger charge is -1.91. The van der Waals surface area contributed by atoms with Crippen LogP contribution >= 0.6 is 35.4 Å². The van der Waals surface area contributed by atoms with E-state index >= 15 is 0 Å². The second kappa shape index (κ2) is 2.76. The fourth-order valence-corrected chi connectivity index (χ4v) is 1.36. The first-order chi connectivity index (χ1) is 5.66. The highest BCUT2D eigenvalue weighted by atomic mass is 35.5. The summed E-state index contributed by atoms with van der Waals surface area (Å²) in [4.78, 5) is 0.0725. The van der Waals surface area contributed by atoms with Gasteiger partial charge in [0.1, 0.15) is 0 Å². The van der Waals surface area contributed by atoms with Crippen LogP contribution in [0.15, 0.2) is 21.0 Å². The Morgan fingerprint density at radius 3 is 1.83 bits per heavy atom. The average molecular weight is 221 g/mol. The van der Waals surface area contributed by atoms with Crippen LogP contribution in [0.25, 0.3) is 11.2 Å². The molecule has 1 aromatic heterocycles. The van der Waals surface area contributed by atoms with Gasteiger partial charge in [-0.05, 0) is 0 Å². The number of hydrogen-bond donors (Lipinski definition) is 0. The predicted molar refractivity (Wildman–Crippen MR) is 49.3 cm³/mol. The molecular weight excluding hydrogens is 219 g/mol. The molecule has 2 nitrogen and oxygen atoms in total. The van der Waals surface area contributed by atoms with E-state index in [1.54, 1.807) is 12.1 Å². The minimum atomic E-state index is 0.0725. The molecule has 0 spiro atoms. The molecule has 0 radical (unpaired) electrons. The number of hydrogen-bond acceptors (Lipinski definition) is 3. The summed E-state index contributed by atoms with van der Waals surface area (Å²) in [7, 11) is 0. The van der Waals surface area contributed by atoms with Gasteiger partial charge < -0.3 is 8.83 Å². The third kappa shape index (κ3) is 1.24. The molecule has 5 heteroatoms. The topological polar surface area (TPSA) is 26.3 Å². The Morgan fingerprint density at radius 2 is 1.42 bits per heavy atom. The molecule has 1 aromatic carbocycles. The summed E-state index contributed by atoms with van der Waals surface area (Å²) in [5, 5.41) is 0.840. The van der Waals surface area contributed by atoms with Crippen LogP contribution in [-0.4, -0.2) is 0 Å². The largest absolute Gasteiger partial charge is 0.413 e. The standard InChI is InChI=1S/C7H2Cl2O2S/c8-3-1-5-6(2-4(3)9)11-7(12)10-5/h1-2H. The number of fused-ring (bicyclic) bond motifs is 1. The van der Waals surface area contributed by atoms with E-state index in [-0.39, 0.29) is 4.90 Å². The molecule has 0 saturated heterocycles. The van der Waals surface area contributed by atoms with E-state index in [9.17, 15) is 0 Å². The van der Waals surface area contributed by atoms with E-state index in [4.69, 9.17) is 32.0 Å². The van der Waals surface area contributed by atoms with Gasteiger partial charge in [-0.25, -0.2) is 0 Å². The van der Waals surface area contributed by atoms with Crippen molar-refractivity contribution < 1.29 is 8.83 Å². The first-order valence-corrected chi connectivity index (χ1v) is 4.22. The van der Waals surface area contributed by atoms with E-state index in [1.807, 2.05) is 0 Å². The highest BCUT2D eigenvalue weighted by Gasteiger charge is 2.05. The quantitative estimate of drug-likeness (QED) is 0.627. The van der Waals surface area contributed by atoms with Crippen LogP contribution in [-0.2, 0) is 0 Å². The third-order valence-corrected chi connectivity index (χ3v) is 2.26. The zero-order valence-electron chi connectivity index (χ0n) is 5.64. The zero-order chi connectivity index (χ0) is 8.72. The Hall–Kier alpha value is -0.510. The maximum absolute atomic E-state index is 5.73. The Morgan fingerprint density at radius 1 is 1.00 bits per heavy atom. The second-order valence-corrected chi connectivity index (χ2v) is 3.31. The molecule has 0 amide bonds. The lowest BCUT2D eigenvalue weighted by Crippen LogP contribution is -1.67. The lowest BCUT2D eigenvalue weighted by molar-refractivity contribution is 0.444. The van der Waals surface area contributed by atoms with Crippen molar-refractivity contribution in [2.75, 3.05) is 0 Å². The highest BCUT2D eigenvalue weighted by Crippen LogP contribution is 2.28. The van der Waals surface area contributed by atoms with Crippen molar-refractivity contribution in [1.82, 2.24) is 0 Å². The van der Waals surface area contributed by atoms with Crippen LogP contribution in [0.2, 0.25) is 10.0 Å². The molecule has 62 valence electrons. The molecule has 0 bridgehead atoms. The zero-order valence-corrected chi connectivity index (χ0v) is 7.96. The molecule has 0 N–H and O–H groups in total. The number of benzene rings is 1. The van der Waals surface area contributed by atoms with Crippen molar-refractivity contribution in [3.05, 3.63) is 27.1 Å². The van der Waals surface area contributed by atoms with Crippen LogP contribution in [0.5, 0.6) is 0 Å². The van der Waals surface area contributed by atoms with Crippen LogP contribution < -0.4 is 0 Å². The fourth-order valence-electron chi connectivity index (χ4n) is 0.870. The average Bonchev–Trinajstić information content (AvgIpc) is 2.30. The van der Waals surface area contributed by atoms with Crippen molar-refractivity contribution in [2.24, 2.45) is 0 Å². The summed E-state index contributed by atoms with van der Waals surface area (Å²) in [6.45, 7) is 0. The molecule has 12 heavy (non-hydrogen) atoms. The summed E-state index contributed by atoms with van der Waals surface area (Å²) in [5.74, 6) is 0. The Balaban J connectivity index is 2.92. The lowest BCUT2D eigenvalue weighted by atomic mass is 10.3. The molecule has 0 atom stereocenters. The summed E-state index contributed by atoms with van der Waals surface area (Å²) >= 11 is 16.1. The molecule has 0 aliphatic rings. The Bertz CT molecular complexity index is 444. The van der Waals surface area contributed by atoms with Crippen molar-refractivity contribution in [2.45, 2.75) is 0 Å². The summed E-state index contributed by atoms with van der Waals surface area (Å²) < 4.78 is 10.0. The molecule has 1 heterocycles. The van der Waals surface area contributed by atoms with E-state index in [0.29, 0.717) is 21.2 Å². The van der Waals surface area contributed by atoms with Gasteiger partial charge in [-0.15, -0.1) is 0 Å². The first kappa shape index (κ1) is 8.10. The van der Waals surface area contributed by atoms with Gasteiger partial charge >= 0.3 is 4.90 Å². The molecule has 2 aromatic rings. The fraction of sp³-hybridized carbons (Fsp3) is 0. The first-order valence-electron chi connectivity index (χ1n) is 3.05. The second-order valence-electron chi connectivity index (χ2n) is 2.17. The van der Waals surface area contributed by atoms with E-state index in [1.165, 1.54) is 0 Å². The van der Waals surface area contributed by atoms with E-state index in [0.717, 1.165) is 0 Å².